The Morgan fingerprint density at radius 3 is 2.78 bits per heavy atom. The Balaban J connectivity index is 2.18. The van der Waals surface area contributed by atoms with Gasteiger partial charge in [0.1, 0.15) is 5.82 Å². The number of hydrogen-bond donors (Lipinski definition) is 2. The zero-order valence-electron chi connectivity index (χ0n) is 10.4. The Labute approximate surface area is 105 Å². The molecule has 0 bridgehead atoms. The van der Waals surface area contributed by atoms with Crippen LogP contribution in [0.1, 0.15) is 23.4 Å². The molecule has 0 saturated carbocycles. The van der Waals surface area contributed by atoms with E-state index >= 15 is 0 Å². The maximum atomic E-state index is 10.5. The molecule has 94 valence electrons. The second kappa shape index (κ2) is 5.00. The zero-order valence-corrected chi connectivity index (χ0v) is 10.4. The van der Waals surface area contributed by atoms with Gasteiger partial charge in [0.2, 0.25) is 0 Å². The minimum atomic E-state index is -0.834. The lowest BCUT2D eigenvalue weighted by molar-refractivity contribution is -0.137. The molecule has 18 heavy (non-hydrogen) atoms. The molecule has 5 heteroatoms. The third-order valence-electron chi connectivity index (χ3n) is 2.87. The second-order valence-electron chi connectivity index (χ2n) is 4.30. The number of benzene rings is 1. The number of rotatable bonds is 4. The van der Waals surface area contributed by atoms with Crippen LogP contribution in [0.4, 0.5) is 0 Å². The van der Waals surface area contributed by atoms with E-state index in [4.69, 9.17) is 5.11 Å². The Kier molecular flexibility index (Phi) is 3.41. The van der Waals surface area contributed by atoms with Crippen LogP contribution in [0.15, 0.2) is 18.2 Å². The molecule has 0 spiro atoms. The van der Waals surface area contributed by atoms with Crippen LogP contribution in [-0.2, 0) is 11.2 Å². The summed E-state index contributed by atoms with van der Waals surface area (Å²) in [6.45, 7) is 4.09. The van der Waals surface area contributed by atoms with Crippen molar-refractivity contribution in [2.24, 2.45) is 0 Å². The summed E-state index contributed by atoms with van der Waals surface area (Å²) in [6, 6.07) is 6.02. The van der Waals surface area contributed by atoms with Crippen molar-refractivity contribution in [3.63, 3.8) is 0 Å². The Morgan fingerprint density at radius 2 is 2.11 bits per heavy atom. The van der Waals surface area contributed by atoms with Crippen LogP contribution in [0.2, 0.25) is 0 Å². The molecule has 0 atom stereocenters. The predicted molar refractivity (Wildman–Crippen MR) is 67.2 cm³/mol. The second-order valence-corrected chi connectivity index (χ2v) is 4.30. The summed E-state index contributed by atoms with van der Waals surface area (Å²) in [6.07, 6.45) is 0.425. The molecular formula is C13H15N3O2. The molecule has 1 aromatic heterocycles. The van der Waals surface area contributed by atoms with Crippen molar-refractivity contribution in [3.8, 4) is 11.4 Å². The summed E-state index contributed by atoms with van der Waals surface area (Å²) in [4.78, 5) is 14.8. The molecule has 5 nitrogen and oxygen atoms in total. The number of carboxylic acids is 1. The lowest BCUT2D eigenvalue weighted by atomic mass is 10.1. The van der Waals surface area contributed by atoms with Crippen LogP contribution in [-0.4, -0.2) is 26.3 Å². The average molecular weight is 245 g/mol. The Bertz CT molecular complexity index is 575. The van der Waals surface area contributed by atoms with E-state index in [-0.39, 0.29) is 6.42 Å². The van der Waals surface area contributed by atoms with E-state index in [0.29, 0.717) is 18.1 Å². The maximum absolute atomic E-state index is 10.5. The van der Waals surface area contributed by atoms with Gasteiger partial charge < -0.3 is 5.11 Å². The van der Waals surface area contributed by atoms with E-state index < -0.39 is 5.97 Å². The number of hydrogen-bond acceptors (Lipinski definition) is 3. The molecule has 1 heterocycles. The van der Waals surface area contributed by atoms with E-state index in [1.807, 2.05) is 25.1 Å². The minimum Gasteiger partial charge on any atom is -0.481 e. The fraction of sp³-hybridized carbons (Fsp3) is 0.308. The van der Waals surface area contributed by atoms with Crippen molar-refractivity contribution in [1.29, 1.82) is 0 Å². The van der Waals surface area contributed by atoms with Crippen molar-refractivity contribution in [3.05, 3.63) is 35.2 Å². The van der Waals surface area contributed by atoms with Gasteiger partial charge >= 0.3 is 5.97 Å². The molecule has 0 saturated heterocycles. The van der Waals surface area contributed by atoms with Crippen molar-refractivity contribution < 1.29 is 9.90 Å². The van der Waals surface area contributed by atoms with Gasteiger partial charge in [0.25, 0.3) is 0 Å². The van der Waals surface area contributed by atoms with Gasteiger partial charge in [-0.05, 0) is 31.0 Å². The first kappa shape index (κ1) is 12.3. The number of aromatic nitrogens is 3. The van der Waals surface area contributed by atoms with Crippen LogP contribution >= 0.6 is 0 Å². The third kappa shape index (κ3) is 2.74. The monoisotopic (exact) mass is 245 g/mol. The van der Waals surface area contributed by atoms with Gasteiger partial charge in [0, 0.05) is 12.0 Å². The van der Waals surface area contributed by atoms with Crippen molar-refractivity contribution in [2.75, 3.05) is 0 Å². The molecule has 2 aromatic rings. The van der Waals surface area contributed by atoms with E-state index in [0.717, 1.165) is 5.56 Å². The lowest BCUT2D eigenvalue weighted by Crippen LogP contribution is -1.98. The number of carboxylic acid groups (broad SMARTS) is 1. The molecule has 0 aliphatic heterocycles. The predicted octanol–water partition coefficient (Wildman–Crippen LogP) is 2.11. The SMILES string of the molecule is Cc1ccc(-c2n[nH]c(CCC(=O)O)n2)cc1C. The topological polar surface area (TPSA) is 78.9 Å². The van der Waals surface area contributed by atoms with Gasteiger partial charge in [0.05, 0.1) is 6.42 Å². The lowest BCUT2D eigenvalue weighted by Gasteiger charge is -2.01. The summed E-state index contributed by atoms with van der Waals surface area (Å²) < 4.78 is 0. The van der Waals surface area contributed by atoms with Gasteiger partial charge in [0.15, 0.2) is 5.82 Å². The number of nitrogens with zero attached hydrogens (tertiary/aromatic N) is 2. The molecule has 0 aliphatic rings. The molecule has 0 fully saturated rings. The number of H-pyrrole nitrogens is 1. The molecule has 0 aliphatic carbocycles. The third-order valence-corrected chi connectivity index (χ3v) is 2.87. The summed E-state index contributed by atoms with van der Waals surface area (Å²) in [7, 11) is 0. The first-order valence-electron chi connectivity index (χ1n) is 5.77. The molecule has 1 aromatic carbocycles. The highest BCUT2D eigenvalue weighted by Gasteiger charge is 2.08. The first-order valence-corrected chi connectivity index (χ1v) is 5.77. The number of nitrogens with one attached hydrogen (secondary N) is 1. The van der Waals surface area contributed by atoms with Crippen molar-refractivity contribution in [2.45, 2.75) is 26.7 Å². The summed E-state index contributed by atoms with van der Waals surface area (Å²) >= 11 is 0. The summed E-state index contributed by atoms with van der Waals surface area (Å²) in [5.74, 6) is 0.378. The number of aryl methyl sites for hydroxylation is 3. The van der Waals surface area contributed by atoms with E-state index in [1.54, 1.807) is 0 Å². The van der Waals surface area contributed by atoms with Crippen LogP contribution in [0.5, 0.6) is 0 Å². The molecule has 2 rings (SSSR count). The van der Waals surface area contributed by atoms with Crippen molar-refractivity contribution in [1.82, 2.24) is 15.2 Å². The molecule has 0 unspecified atom stereocenters. The molecule has 2 N–H and O–H groups in total. The highest BCUT2D eigenvalue weighted by Crippen LogP contribution is 2.18. The maximum Gasteiger partial charge on any atom is 0.303 e. The van der Waals surface area contributed by atoms with E-state index in [9.17, 15) is 4.79 Å². The highest BCUT2D eigenvalue weighted by atomic mass is 16.4. The van der Waals surface area contributed by atoms with Crippen LogP contribution < -0.4 is 0 Å². The fourth-order valence-corrected chi connectivity index (χ4v) is 1.64. The fourth-order valence-electron chi connectivity index (χ4n) is 1.64. The van der Waals surface area contributed by atoms with E-state index in [2.05, 4.69) is 22.1 Å². The van der Waals surface area contributed by atoms with Gasteiger partial charge in [-0.1, -0.05) is 12.1 Å². The number of carbonyl (C=O) groups is 1. The summed E-state index contributed by atoms with van der Waals surface area (Å²) in [5.41, 5.74) is 3.35. The van der Waals surface area contributed by atoms with Gasteiger partial charge in [-0.2, -0.15) is 5.10 Å². The van der Waals surface area contributed by atoms with Crippen LogP contribution in [0.25, 0.3) is 11.4 Å². The Morgan fingerprint density at radius 1 is 1.33 bits per heavy atom. The summed E-state index contributed by atoms with van der Waals surface area (Å²) in [5, 5.41) is 15.5. The normalized spacial score (nSPS) is 10.6. The number of aliphatic carboxylic acids is 1. The number of aromatic amines is 1. The quantitative estimate of drug-likeness (QED) is 0.864. The van der Waals surface area contributed by atoms with Crippen LogP contribution in [0, 0.1) is 13.8 Å². The highest BCUT2D eigenvalue weighted by molar-refractivity contribution is 5.67. The van der Waals surface area contributed by atoms with Gasteiger partial charge in [-0.15, -0.1) is 0 Å². The minimum absolute atomic E-state index is 0.0571. The van der Waals surface area contributed by atoms with Crippen molar-refractivity contribution >= 4 is 5.97 Å². The Hall–Kier alpha value is -2.17. The van der Waals surface area contributed by atoms with Crippen LogP contribution in [0.3, 0.4) is 0 Å². The zero-order chi connectivity index (χ0) is 13.1. The average Bonchev–Trinajstić information content (AvgIpc) is 2.79. The molecule has 0 radical (unpaired) electrons. The molecule has 0 amide bonds. The standard InChI is InChI=1S/C13H15N3O2/c1-8-3-4-10(7-9(8)2)13-14-11(15-16-13)5-6-12(17)18/h3-4,7H,5-6H2,1-2H3,(H,17,18)(H,14,15,16). The smallest absolute Gasteiger partial charge is 0.303 e. The van der Waals surface area contributed by atoms with Gasteiger partial charge in [-0.3, -0.25) is 9.89 Å². The molecular weight excluding hydrogens is 230 g/mol. The first-order chi connectivity index (χ1) is 8.56. The largest absolute Gasteiger partial charge is 0.481 e. The van der Waals surface area contributed by atoms with Gasteiger partial charge in [-0.25, -0.2) is 4.98 Å². The van der Waals surface area contributed by atoms with E-state index in [1.165, 1.54) is 11.1 Å².